The van der Waals surface area contributed by atoms with Crippen LogP contribution in [0.15, 0.2) is 36.4 Å². The third-order valence-electron chi connectivity index (χ3n) is 3.46. The minimum Gasteiger partial charge on any atom is -0.496 e. The lowest BCUT2D eigenvalue weighted by Crippen LogP contribution is -2.18. The average Bonchev–Trinajstić information content (AvgIpc) is 2.55. The number of para-hydroxylation sites is 1. The van der Waals surface area contributed by atoms with Gasteiger partial charge in [0.25, 0.3) is 11.8 Å². The Hall–Kier alpha value is -3.02. The Balaban J connectivity index is 2.37. The van der Waals surface area contributed by atoms with Crippen molar-refractivity contribution in [2.75, 3.05) is 19.5 Å². The van der Waals surface area contributed by atoms with E-state index < -0.39 is 11.8 Å². The summed E-state index contributed by atoms with van der Waals surface area (Å²) in [7, 11) is 3.04. The zero-order valence-corrected chi connectivity index (χ0v) is 13.2. The molecule has 0 saturated carbocycles. The van der Waals surface area contributed by atoms with Crippen molar-refractivity contribution in [3.8, 4) is 11.5 Å². The number of rotatable bonds is 5. The number of ether oxygens (including phenoxy) is 2. The number of anilines is 1. The Kier molecular flexibility index (Phi) is 4.85. The summed E-state index contributed by atoms with van der Waals surface area (Å²) in [6, 6.07) is 9.76. The van der Waals surface area contributed by atoms with Crippen molar-refractivity contribution >= 4 is 17.5 Å². The fourth-order valence-electron chi connectivity index (χ4n) is 2.22. The van der Waals surface area contributed by atoms with E-state index in [0.717, 1.165) is 5.56 Å². The maximum atomic E-state index is 12.5. The monoisotopic (exact) mass is 314 g/mol. The molecule has 3 N–H and O–H groups in total. The lowest BCUT2D eigenvalue weighted by atomic mass is 10.1. The maximum Gasteiger partial charge on any atom is 0.255 e. The summed E-state index contributed by atoms with van der Waals surface area (Å²) in [6.07, 6.45) is 0. The highest BCUT2D eigenvalue weighted by Crippen LogP contribution is 2.30. The van der Waals surface area contributed by atoms with Crippen LogP contribution in [0.3, 0.4) is 0 Å². The van der Waals surface area contributed by atoms with Crippen LogP contribution in [-0.4, -0.2) is 26.0 Å². The fraction of sp³-hybridized carbons (Fsp3) is 0.176. The third-order valence-corrected chi connectivity index (χ3v) is 3.46. The van der Waals surface area contributed by atoms with Crippen molar-refractivity contribution < 1.29 is 19.1 Å². The molecule has 0 aliphatic rings. The number of methoxy groups -OCH3 is 2. The van der Waals surface area contributed by atoms with E-state index in [9.17, 15) is 9.59 Å². The topological polar surface area (TPSA) is 90.6 Å². The van der Waals surface area contributed by atoms with Crippen LogP contribution in [0.2, 0.25) is 0 Å². The largest absolute Gasteiger partial charge is 0.496 e. The van der Waals surface area contributed by atoms with Gasteiger partial charge in [-0.05, 0) is 31.2 Å². The van der Waals surface area contributed by atoms with Gasteiger partial charge in [-0.3, -0.25) is 9.59 Å². The minimum atomic E-state index is -0.611. The SMILES string of the molecule is COc1cc(C(=O)Nc2ccccc2C(N)=O)cc(OC)c1C. The highest BCUT2D eigenvalue weighted by molar-refractivity contribution is 6.09. The van der Waals surface area contributed by atoms with E-state index in [-0.39, 0.29) is 5.56 Å². The van der Waals surface area contributed by atoms with Crippen LogP contribution >= 0.6 is 0 Å². The molecule has 6 nitrogen and oxygen atoms in total. The minimum absolute atomic E-state index is 0.242. The Morgan fingerprint density at radius 3 is 2.13 bits per heavy atom. The second-order valence-corrected chi connectivity index (χ2v) is 4.87. The predicted molar refractivity (Wildman–Crippen MR) is 87.2 cm³/mol. The van der Waals surface area contributed by atoms with Gasteiger partial charge in [0.1, 0.15) is 11.5 Å². The van der Waals surface area contributed by atoms with Crippen LogP contribution in [0.5, 0.6) is 11.5 Å². The zero-order chi connectivity index (χ0) is 17.0. The third kappa shape index (κ3) is 3.42. The summed E-state index contributed by atoms with van der Waals surface area (Å²) in [4.78, 5) is 23.9. The van der Waals surface area contributed by atoms with Crippen LogP contribution in [0.1, 0.15) is 26.3 Å². The number of nitrogens with one attached hydrogen (secondary N) is 1. The number of hydrogen-bond donors (Lipinski definition) is 2. The van der Waals surface area contributed by atoms with Gasteiger partial charge in [-0.2, -0.15) is 0 Å². The molecule has 0 aromatic heterocycles. The van der Waals surface area contributed by atoms with Crippen LogP contribution in [0, 0.1) is 6.92 Å². The van der Waals surface area contributed by atoms with Crippen LogP contribution in [-0.2, 0) is 0 Å². The summed E-state index contributed by atoms with van der Waals surface area (Å²) in [5.74, 6) is 0.0747. The number of amides is 2. The van der Waals surface area contributed by atoms with E-state index in [1.807, 2.05) is 6.92 Å². The molecule has 0 unspecified atom stereocenters. The number of hydrogen-bond acceptors (Lipinski definition) is 4. The Bertz CT molecular complexity index is 731. The second-order valence-electron chi connectivity index (χ2n) is 4.87. The summed E-state index contributed by atoms with van der Waals surface area (Å²) in [5.41, 5.74) is 7.05. The summed E-state index contributed by atoms with van der Waals surface area (Å²) < 4.78 is 10.5. The lowest BCUT2D eigenvalue weighted by Gasteiger charge is -2.13. The van der Waals surface area contributed by atoms with Gasteiger partial charge < -0.3 is 20.5 Å². The van der Waals surface area contributed by atoms with Gasteiger partial charge in [-0.15, -0.1) is 0 Å². The first-order chi connectivity index (χ1) is 11.0. The Morgan fingerprint density at radius 1 is 1.04 bits per heavy atom. The molecule has 0 atom stereocenters. The van der Waals surface area contributed by atoms with Crippen molar-refractivity contribution in [2.24, 2.45) is 5.73 Å². The molecule has 0 aliphatic heterocycles. The molecule has 0 saturated heterocycles. The number of nitrogens with two attached hydrogens (primary N) is 1. The van der Waals surface area contributed by atoms with Gasteiger partial charge >= 0.3 is 0 Å². The van der Waals surface area contributed by atoms with Gasteiger partial charge in [0, 0.05) is 11.1 Å². The van der Waals surface area contributed by atoms with E-state index in [4.69, 9.17) is 15.2 Å². The van der Waals surface area contributed by atoms with Crippen molar-refractivity contribution in [3.05, 3.63) is 53.1 Å². The lowest BCUT2D eigenvalue weighted by molar-refractivity contribution is 0.100. The van der Waals surface area contributed by atoms with Gasteiger partial charge in [0.15, 0.2) is 0 Å². The number of benzene rings is 2. The summed E-state index contributed by atoms with van der Waals surface area (Å²) >= 11 is 0. The molecule has 0 fully saturated rings. The number of primary amides is 1. The van der Waals surface area contributed by atoms with Crippen molar-refractivity contribution in [2.45, 2.75) is 6.92 Å². The fourth-order valence-corrected chi connectivity index (χ4v) is 2.22. The Labute approximate surface area is 134 Å². The molecule has 0 heterocycles. The number of carbonyl (C=O) groups is 2. The molecule has 120 valence electrons. The highest BCUT2D eigenvalue weighted by atomic mass is 16.5. The molecule has 2 aromatic carbocycles. The van der Waals surface area contributed by atoms with Gasteiger partial charge in [0.2, 0.25) is 0 Å². The van der Waals surface area contributed by atoms with Crippen LogP contribution < -0.4 is 20.5 Å². The van der Waals surface area contributed by atoms with E-state index in [1.54, 1.807) is 36.4 Å². The quantitative estimate of drug-likeness (QED) is 0.886. The van der Waals surface area contributed by atoms with Crippen molar-refractivity contribution in [1.29, 1.82) is 0 Å². The first-order valence-electron chi connectivity index (χ1n) is 6.90. The molecular weight excluding hydrogens is 296 g/mol. The predicted octanol–water partition coefficient (Wildman–Crippen LogP) is 2.36. The molecule has 0 radical (unpaired) electrons. The first kappa shape index (κ1) is 16.4. The molecule has 0 bridgehead atoms. The van der Waals surface area contributed by atoms with E-state index in [0.29, 0.717) is 22.7 Å². The average molecular weight is 314 g/mol. The molecule has 23 heavy (non-hydrogen) atoms. The second kappa shape index (κ2) is 6.83. The zero-order valence-electron chi connectivity index (χ0n) is 13.2. The summed E-state index contributed by atoms with van der Waals surface area (Å²) in [5, 5.41) is 2.68. The molecular formula is C17H18N2O4. The van der Waals surface area contributed by atoms with Crippen LogP contribution in [0.4, 0.5) is 5.69 Å². The van der Waals surface area contributed by atoms with Crippen molar-refractivity contribution in [3.63, 3.8) is 0 Å². The van der Waals surface area contributed by atoms with Gasteiger partial charge in [-0.1, -0.05) is 12.1 Å². The standard InChI is InChI=1S/C17H18N2O4/c1-10-14(22-2)8-11(9-15(10)23-3)17(21)19-13-7-5-4-6-12(13)16(18)20/h4-9H,1-3H3,(H2,18,20)(H,19,21). The van der Waals surface area contributed by atoms with E-state index in [2.05, 4.69) is 5.32 Å². The maximum absolute atomic E-state index is 12.5. The molecule has 0 aliphatic carbocycles. The molecule has 0 spiro atoms. The smallest absolute Gasteiger partial charge is 0.255 e. The van der Waals surface area contributed by atoms with Gasteiger partial charge in [-0.25, -0.2) is 0 Å². The molecule has 2 rings (SSSR count). The highest BCUT2D eigenvalue weighted by Gasteiger charge is 2.16. The van der Waals surface area contributed by atoms with Gasteiger partial charge in [0.05, 0.1) is 25.5 Å². The molecule has 2 aromatic rings. The van der Waals surface area contributed by atoms with E-state index >= 15 is 0 Å². The molecule has 6 heteroatoms. The normalized spacial score (nSPS) is 10.0. The number of carbonyl (C=O) groups excluding carboxylic acids is 2. The van der Waals surface area contributed by atoms with Crippen molar-refractivity contribution in [1.82, 2.24) is 0 Å². The molecule has 2 amide bonds. The Morgan fingerprint density at radius 2 is 1.61 bits per heavy atom. The van der Waals surface area contributed by atoms with Crippen LogP contribution in [0.25, 0.3) is 0 Å². The first-order valence-corrected chi connectivity index (χ1v) is 6.90. The van der Waals surface area contributed by atoms with E-state index in [1.165, 1.54) is 14.2 Å². The summed E-state index contributed by atoms with van der Waals surface area (Å²) in [6.45, 7) is 1.84.